The van der Waals surface area contributed by atoms with E-state index in [1.165, 1.54) is 5.56 Å². The Bertz CT molecular complexity index is 520. The van der Waals surface area contributed by atoms with Crippen LogP contribution in [0, 0.1) is 5.92 Å². The van der Waals surface area contributed by atoms with Gasteiger partial charge in [0.05, 0.1) is 0 Å². The molecule has 0 aromatic heterocycles. The summed E-state index contributed by atoms with van der Waals surface area (Å²) in [6.45, 7) is 2.63. The van der Waals surface area contributed by atoms with Gasteiger partial charge in [-0.2, -0.15) is 0 Å². The van der Waals surface area contributed by atoms with Crippen LogP contribution in [0.1, 0.15) is 31.7 Å². The Morgan fingerprint density at radius 3 is 2.52 bits per heavy atom. The van der Waals surface area contributed by atoms with Crippen molar-refractivity contribution in [3.05, 3.63) is 42.0 Å². The van der Waals surface area contributed by atoms with Crippen LogP contribution in [0.25, 0.3) is 0 Å². The van der Waals surface area contributed by atoms with Gasteiger partial charge in [-0.1, -0.05) is 31.2 Å². The molecular formula is C17H22N2O2. The first-order valence-corrected chi connectivity index (χ1v) is 7.52. The predicted octanol–water partition coefficient (Wildman–Crippen LogP) is 2.66. The Morgan fingerprint density at radius 1 is 1.14 bits per heavy atom. The smallest absolute Gasteiger partial charge is 0.313 e. The van der Waals surface area contributed by atoms with E-state index < -0.39 is 11.8 Å². The van der Waals surface area contributed by atoms with Gasteiger partial charge in [-0.05, 0) is 49.3 Å². The second-order valence-electron chi connectivity index (χ2n) is 5.37. The van der Waals surface area contributed by atoms with Crippen LogP contribution in [0.2, 0.25) is 0 Å². The van der Waals surface area contributed by atoms with Gasteiger partial charge in [0.25, 0.3) is 0 Å². The van der Waals surface area contributed by atoms with Crippen molar-refractivity contribution in [3.8, 4) is 0 Å². The summed E-state index contributed by atoms with van der Waals surface area (Å²) in [5.74, 6) is -0.731. The zero-order valence-electron chi connectivity index (χ0n) is 12.4. The maximum atomic E-state index is 11.8. The van der Waals surface area contributed by atoms with Crippen LogP contribution in [-0.2, 0) is 16.0 Å². The summed E-state index contributed by atoms with van der Waals surface area (Å²) in [6.07, 6.45) is 8.33. The van der Waals surface area contributed by atoms with Crippen LogP contribution >= 0.6 is 0 Å². The SMILES string of the molecule is CCc1ccc(NC(=O)C(=O)NCC2CC=CCC2)cc1. The molecule has 1 atom stereocenters. The van der Waals surface area contributed by atoms with Crippen LogP contribution in [-0.4, -0.2) is 18.4 Å². The lowest BCUT2D eigenvalue weighted by Gasteiger charge is -2.17. The summed E-state index contributed by atoms with van der Waals surface area (Å²) in [7, 11) is 0. The lowest BCUT2D eigenvalue weighted by molar-refractivity contribution is -0.136. The highest BCUT2D eigenvalue weighted by atomic mass is 16.2. The van der Waals surface area contributed by atoms with E-state index in [0.29, 0.717) is 18.2 Å². The summed E-state index contributed by atoms with van der Waals surface area (Å²) in [5.41, 5.74) is 1.84. The fraction of sp³-hybridized carbons (Fsp3) is 0.412. The number of anilines is 1. The molecule has 2 N–H and O–H groups in total. The minimum atomic E-state index is -0.606. The van der Waals surface area contributed by atoms with Crippen LogP contribution < -0.4 is 10.6 Å². The molecule has 1 aliphatic carbocycles. The molecular weight excluding hydrogens is 264 g/mol. The normalized spacial score (nSPS) is 17.3. The molecule has 0 bridgehead atoms. The average molecular weight is 286 g/mol. The lowest BCUT2D eigenvalue weighted by Crippen LogP contribution is -2.38. The van der Waals surface area contributed by atoms with E-state index in [-0.39, 0.29) is 0 Å². The number of benzene rings is 1. The fourth-order valence-electron chi connectivity index (χ4n) is 2.37. The first-order chi connectivity index (χ1) is 10.2. The number of nitrogens with one attached hydrogen (secondary N) is 2. The Kier molecular flexibility index (Phi) is 5.55. The number of hydrogen-bond acceptors (Lipinski definition) is 2. The van der Waals surface area contributed by atoms with E-state index in [1.807, 2.05) is 24.3 Å². The second kappa shape index (κ2) is 7.62. The number of carbonyl (C=O) groups excluding carboxylic acids is 2. The molecule has 0 spiro atoms. The van der Waals surface area contributed by atoms with Crippen molar-refractivity contribution in [2.75, 3.05) is 11.9 Å². The number of hydrogen-bond donors (Lipinski definition) is 2. The monoisotopic (exact) mass is 286 g/mol. The Balaban J connectivity index is 1.78. The summed E-state index contributed by atoms with van der Waals surface area (Å²) in [6, 6.07) is 7.52. The third kappa shape index (κ3) is 4.74. The molecule has 0 saturated heterocycles. The minimum absolute atomic E-state index is 0.440. The summed E-state index contributed by atoms with van der Waals surface area (Å²) >= 11 is 0. The summed E-state index contributed by atoms with van der Waals surface area (Å²) in [4.78, 5) is 23.6. The molecule has 0 radical (unpaired) electrons. The van der Waals surface area contributed by atoms with Crippen LogP contribution in [0.4, 0.5) is 5.69 Å². The summed E-state index contributed by atoms with van der Waals surface area (Å²) in [5, 5.41) is 5.33. The first kappa shape index (κ1) is 15.3. The maximum Gasteiger partial charge on any atom is 0.313 e. The molecule has 21 heavy (non-hydrogen) atoms. The largest absolute Gasteiger partial charge is 0.348 e. The van der Waals surface area contributed by atoms with E-state index in [2.05, 4.69) is 29.7 Å². The molecule has 1 unspecified atom stereocenters. The molecule has 1 aromatic rings. The molecule has 1 aliphatic rings. The van der Waals surface area contributed by atoms with Gasteiger partial charge < -0.3 is 10.6 Å². The number of carbonyl (C=O) groups is 2. The Labute approximate surface area is 125 Å². The summed E-state index contributed by atoms with van der Waals surface area (Å²) < 4.78 is 0. The molecule has 0 saturated carbocycles. The van der Waals surface area contributed by atoms with Gasteiger partial charge in [-0.15, -0.1) is 0 Å². The van der Waals surface area contributed by atoms with Crippen molar-refractivity contribution in [2.45, 2.75) is 32.6 Å². The van der Waals surface area contributed by atoms with Crippen molar-refractivity contribution in [2.24, 2.45) is 5.92 Å². The minimum Gasteiger partial charge on any atom is -0.348 e. The zero-order chi connectivity index (χ0) is 15.1. The molecule has 0 heterocycles. The highest BCUT2D eigenvalue weighted by Gasteiger charge is 2.16. The molecule has 0 fully saturated rings. The van der Waals surface area contributed by atoms with Gasteiger partial charge in [0.2, 0.25) is 0 Å². The quantitative estimate of drug-likeness (QED) is 0.660. The van der Waals surface area contributed by atoms with E-state index in [1.54, 1.807) is 0 Å². The van der Waals surface area contributed by atoms with Gasteiger partial charge in [0, 0.05) is 12.2 Å². The second-order valence-corrected chi connectivity index (χ2v) is 5.37. The van der Waals surface area contributed by atoms with Crippen LogP contribution in [0.15, 0.2) is 36.4 Å². The maximum absolute atomic E-state index is 11.8. The average Bonchev–Trinajstić information content (AvgIpc) is 2.54. The highest BCUT2D eigenvalue weighted by Crippen LogP contribution is 2.16. The van der Waals surface area contributed by atoms with Gasteiger partial charge in [0.1, 0.15) is 0 Å². The number of allylic oxidation sites excluding steroid dienone is 2. The van der Waals surface area contributed by atoms with Crippen LogP contribution in [0.3, 0.4) is 0 Å². The number of rotatable bonds is 4. The fourth-order valence-corrected chi connectivity index (χ4v) is 2.37. The zero-order valence-corrected chi connectivity index (χ0v) is 12.4. The Morgan fingerprint density at radius 2 is 1.90 bits per heavy atom. The molecule has 112 valence electrons. The third-order valence-corrected chi connectivity index (χ3v) is 3.76. The standard InChI is InChI=1S/C17H22N2O2/c1-2-13-8-10-15(11-9-13)19-17(21)16(20)18-12-14-6-4-3-5-7-14/h3-4,8-11,14H,2,5-7,12H2,1H3,(H,18,20)(H,19,21). The highest BCUT2D eigenvalue weighted by molar-refractivity contribution is 6.39. The van der Waals surface area contributed by atoms with E-state index >= 15 is 0 Å². The molecule has 2 amide bonds. The molecule has 0 aliphatic heterocycles. The number of amides is 2. The lowest BCUT2D eigenvalue weighted by atomic mass is 9.94. The topological polar surface area (TPSA) is 58.2 Å². The van der Waals surface area contributed by atoms with Crippen molar-refractivity contribution < 1.29 is 9.59 Å². The molecule has 4 nitrogen and oxygen atoms in total. The molecule has 4 heteroatoms. The van der Waals surface area contributed by atoms with Crippen molar-refractivity contribution in [1.82, 2.24) is 5.32 Å². The first-order valence-electron chi connectivity index (χ1n) is 7.52. The third-order valence-electron chi connectivity index (χ3n) is 3.76. The van der Waals surface area contributed by atoms with Gasteiger partial charge >= 0.3 is 11.8 Å². The van der Waals surface area contributed by atoms with Gasteiger partial charge in [-0.25, -0.2) is 0 Å². The van der Waals surface area contributed by atoms with E-state index in [0.717, 1.165) is 25.7 Å². The van der Waals surface area contributed by atoms with Gasteiger partial charge in [0.15, 0.2) is 0 Å². The van der Waals surface area contributed by atoms with E-state index in [9.17, 15) is 9.59 Å². The van der Waals surface area contributed by atoms with Gasteiger partial charge in [-0.3, -0.25) is 9.59 Å². The van der Waals surface area contributed by atoms with Crippen molar-refractivity contribution in [1.29, 1.82) is 0 Å². The predicted molar refractivity (Wildman–Crippen MR) is 83.9 cm³/mol. The Hall–Kier alpha value is -2.10. The number of aryl methyl sites for hydroxylation is 1. The van der Waals surface area contributed by atoms with Crippen LogP contribution in [0.5, 0.6) is 0 Å². The van der Waals surface area contributed by atoms with Crippen molar-refractivity contribution in [3.63, 3.8) is 0 Å². The molecule has 1 aromatic carbocycles. The van der Waals surface area contributed by atoms with Crippen molar-refractivity contribution >= 4 is 17.5 Å². The van der Waals surface area contributed by atoms with E-state index in [4.69, 9.17) is 0 Å². The molecule has 2 rings (SSSR count).